The van der Waals surface area contributed by atoms with Crippen molar-refractivity contribution in [2.75, 3.05) is 17.7 Å². The average Bonchev–Trinajstić information content (AvgIpc) is 2.54. The number of para-hydroxylation sites is 2. The fourth-order valence-electron chi connectivity index (χ4n) is 2.15. The number of carbonyl (C=O) groups excluding carboxylic acids is 2. The number of ether oxygens (including phenoxy) is 1. The summed E-state index contributed by atoms with van der Waals surface area (Å²) < 4.78 is 5.22. The van der Waals surface area contributed by atoms with Crippen molar-refractivity contribution in [1.29, 1.82) is 0 Å². The van der Waals surface area contributed by atoms with Crippen LogP contribution in [0.3, 0.4) is 0 Å². The van der Waals surface area contributed by atoms with Crippen molar-refractivity contribution in [3.05, 3.63) is 54.1 Å². The molecule has 0 unspecified atom stereocenters. The SMILES string of the molecule is COc1ccccc1NC(=O)c1ccc(NC(=O)NC(C)(C)C)cc1. The van der Waals surface area contributed by atoms with Crippen LogP contribution in [-0.4, -0.2) is 24.6 Å². The van der Waals surface area contributed by atoms with Gasteiger partial charge in [0.2, 0.25) is 0 Å². The third kappa shape index (κ3) is 5.53. The molecule has 6 heteroatoms. The van der Waals surface area contributed by atoms with Crippen LogP contribution in [0.1, 0.15) is 31.1 Å². The van der Waals surface area contributed by atoms with Crippen LogP contribution in [0, 0.1) is 0 Å². The number of carbonyl (C=O) groups is 2. The monoisotopic (exact) mass is 341 g/mol. The molecule has 6 nitrogen and oxygen atoms in total. The van der Waals surface area contributed by atoms with Gasteiger partial charge in [0.15, 0.2) is 0 Å². The predicted octanol–water partition coefficient (Wildman–Crippen LogP) is 3.87. The molecule has 0 fully saturated rings. The lowest BCUT2D eigenvalue weighted by Crippen LogP contribution is -2.43. The summed E-state index contributed by atoms with van der Waals surface area (Å²) in [7, 11) is 1.55. The van der Waals surface area contributed by atoms with E-state index in [2.05, 4.69) is 16.0 Å². The van der Waals surface area contributed by atoms with E-state index in [4.69, 9.17) is 4.74 Å². The molecule has 0 aliphatic carbocycles. The third-order valence-corrected chi connectivity index (χ3v) is 3.25. The normalized spacial score (nSPS) is 10.7. The summed E-state index contributed by atoms with van der Waals surface area (Å²) in [6.07, 6.45) is 0. The second-order valence-electron chi connectivity index (χ2n) is 6.56. The van der Waals surface area contributed by atoms with Crippen molar-refractivity contribution < 1.29 is 14.3 Å². The molecule has 132 valence electrons. The van der Waals surface area contributed by atoms with Crippen molar-refractivity contribution in [2.45, 2.75) is 26.3 Å². The Bertz CT molecular complexity index is 749. The first-order chi connectivity index (χ1) is 11.8. The van der Waals surface area contributed by atoms with Crippen molar-refractivity contribution >= 4 is 23.3 Å². The molecule has 0 saturated carbocycles. The van der Waals surface area contributed by atoms with Gasteiger partial charge in [0, 0.05) is 16.8 Å². The van der Waals surface area contributed by atoms with Crippen molar-refractivity contribution in [3.8, 4) is 5.75 Å². The molecule has 3 amide bonds. The van der Waals surface area contributed by atoms with E-state index in [0.29, 0.717) is 22.7 Å². The number of methoxy groups -OCH3 is 1. The number of amides is 3. The molecule has 2 aromatic rings. The molecule has 0 saturated heterocycles. The molecule has 2 rings (SSSR count). The lowest BCUT2D eigenvalue weighted by molar-refractivity contribution is 0.102. The van der Waals surface area contributed by atoms with Crippen LogP contribution in [0.2, 0.25) is 0 Å². The van der Waals surface area contributed by atoms with Gasteiger partial charge in [-0.15, -0.1) is 0 Å². The Hall–Kier alpha value is -3.02. The van der Waals surface area contributed by atoms with E-state index in [1.165, 1.54) is 0 Å². The predicted molar refractivity (Wildman–Crippen MR) is 99.3 cm³/mol. The fraction of sp³-hybridized carbons (Fsp3) is 0.263. The number of hydrogen-bond acceptors (Lipinski definition) is 3. The molecule has 0 spiro atoms. The van der Waals surface area contributed by atoms with Gasteiger partial charge >= 0.3 is 6.03 Å². The van der Waals surface area contributed by atoms with Gasteiger partial charge in [-0.3, -0.25) is 4.79 Å². The van der Waals surface area contributed by atoms with Crippen LogP contribution >= 0.6 is 0 Å². The zero-order chi connectivity index (χ0) is 18.4. The van der Waals surface area contributed by atoms with E-state index in [9.17, 15) is 9.59 Å². The zero-order valence-electron chi connectivity index (χ0n) is 14.8. The summed E-state index contributed by atoms with van der Waals surface area (Å²) in [6, 6.07) is 13.6. The van der Waals surface area contributed by atoms with Gasteiger partial charge < -0.3 is 20.7 Å². The van der Waals surface area contributed by atoms with Gasteiger partial charge in [0.1, 0.15) is 5.75 Å². The smallest absolute Gasteiger partial charge is 0.319 e. The van der Waals surface area contributed by atoms with Gasteiger partial charge in [-0.1, -0.05) is 12.1 Å². The third-order valence-electron chi connectivity index (χ3n) is 3.25. The van der Waals surface area contributed by atoms with E-state index < -0.39 is 0 Å². The summed E-state index contributed by atoms with van der Waals surface area (Å²) in [5.41, 5.74) is 1.36. The van der Waals surface area contributed by atoms with Crippen LogP contribution in [-0.2, 0) is 0 Å². The Balaban J connectivity index is 2.02. The van der Waals surface area contributed by atoms with Gasteiger partial charge in [-0.05, 0) is 57.2 Å². The van der Waals surface area contributed by atoms with Crippen LogP contribution in [0.5, 0.6) is 5.75 Å². The average molecular weight is 341 g/mol. The maximum Gasteiger partial charge on any atom is 0.319 e. The quantitative estimate of drug-likeness (QED) is 0.790. The fourth-order valence-corrected chi connectivity index (χ4v) is 2.15. The van der Waals surface area contributed by atoms with E-state index in [-0.39, 0.29) is 17.5 Å². The van der Waals surface area contributed by atoms with Crippen LogP contribution in [0.15, 0.2) is 48.5 Å². The first-order valence-corrected chi connectivity index (χ1v) is 7.92. The highest BCUT2D eigenvalue weighted by Gasteiger charge is 2.14. The Kier molecular flexibility index (Phi) is 5.64. The van der Waals surface area contributed by atoms with Crippen LogP contribution < -0.4 is 20.7 Å². The highest BCUT2D eigenvalue weighted by molar-refractivity contribution is 6.05. The Morgan fingerprint density at radius 1 is 0.920 bits per heavy atom. The van der Waals surface area contributed by atoms with Gasteiger partial charge in [0.25, 0.3) is 5.91 Å². The summed E-state index contributed by atoms with van der Waals surface area (Å²) in [5, 5.41) is 8.34. The maximum absolute atomic E-state index is 12.3. The molecule has 0 bridgehead atoms. The molecule has 2 aromatic carbocycles. The molecule has 0 aromatic heterocycles. The van der Waals surface area contributed by atoms with Gasteiger partial charge in [0.05, 0.1) is 12.8 Å². The molecular weight excluding hydrogens is 318 g/mol. The molecule has 0 aliphatic rings. The molecule has 0 atom stereocenters. The Morgan fingerprint density at radius 3 is 2.16 bits per heavy atom. The highest BCUT2D eigenvalue weighted by Crippen LogP contribution is 2.23. The van der Waals surface area contributed by atoms with Crippen molar-refractivity contribution in [1.82, 2.24) is 5.32 Å². The van der Waals surface area contributed by atoms with Crippen molar-refractivity contribution in [2.24, 2.45) is 0 Å². The largest absolute Gasteiger partial charge is 0.495 e. The molecule has 0 radical (unpaired) electrons. The van der Waals surface area contributed by atoms with E-state index >= 15 is 0 Å². The van der Waals surface area contributed by atoms with Gasteiger partial charge in [-0.25, -0.2) is 4.79 Å². The number of rotatable bonds is 4. The zero-order valence-corrected chi connectivity index (χ0v) is 14.8. The number of hydrogen-bond donors (Lipinski definition) is 3. The maximum atomic E-state index is 12.3. The van der Waals surface area contributed by atoms with Crippen LogP contribution in [0.25, 0.3) is 0 Å². The second kappa shape index (κ2) is 7.70. The van der Waals surface area contributed by atoms with Crippen molar-refractivity contribution in [3.63, 3.8) is 0 Å². The summed E-state index contributed by atoms with van der Waals surface area (Å²) in [6.45, 7) is 5.70. The minimum Gasteiger partial charge on any atom is -0.495 e. The second-order valence-corrected chi connectivity index (χ2v) is 6.56. The first-order valence-electron chi connectivity index (χ1n) is 7.92. The molecule has 3 N–H and O–H groups in total. The summed E-state index contributed by atoms with van der Waals surface area (Å²) >= 11 is 0. The van der Waals surface area contributed by atoms with E-state index in [0.717, 1.165) is 0 Å². The van der Waals surface area contributed by atoms with E-state index in [1.807, 2.05) is 32.9 Å². The Morgan fingerprint density at radius 2 is 1.56 bits per heavy atom. The highest BCUT2D eigenvalue weighted by atomic mass is 16.5. The van der Waals surface area contributed by atoms with E-state index in [1.54, 1.807) is 43.5 Å². The summed E-state index contributed by atoms with van der Waals surface area (Å²) in [5.74, 6) is 0.336. The van der Waals surface area contributed by atoms with Gasteiger partial charge in [-0.2, -0.15) is 0 Å². The minimum atomic E-state index is -0.321. The lowest BCUT2D eigenvalue weighted by atomic mass is 10.1. The summed E-state index contributed by atoms with van der Waals surface area (Å²) in [4.78, 5) is 24.2. The molecule has 25 heavy (non-hydrogen) atoms. The first kappa shape index (κ1) is 18.3. The van der Waals surface area contributed by atoms with Crippen LogP contribution in [0.4, 0.5) is 16.2 Å². The number of nitrogens with one attached hydrogen (secondary N) is 3. The minimum absolute atomic E-state index is 0.254. The molecule has 0 heterocycles. The Labute approximate surface area is 147 Å². The number of benzene rings is 2. The standard InChI is InChI=1S/C19H23N3O3/c1-19(2,3)22-18(24)20-14-11-9-13(10-12-14)17(23)21-15-7-5-6-8-16(15)25-4/h5-12H,1-4H3,(H,21,23)(H2,20,22,24). The number of anilines is 2. The molecule has 0 aliphatic heterocycles. The topological polar surface area (TPSA) is 79.5 Å². The lowest BCUT2D eigenvalue weighted by Gasteiger charge is -2.20. The number of urea groups is 1. The molecular formula is C19H23N3O3.